The fourth-order valence-electron chi connectivity index (χ4n) is 1.49. The van der Waals surface area contributed by atoms with E-state index in [0.717, 1.165) is 10.9 Å². The van der Waals surface area contributed by atoms with Crippen LogP contribution in [-0.4, -0.2) is 28.3 Å². The summed E-state index contributed by atoms with van der Waals surface area (Å²) in [6.45, 7) is 0. The second-order valence-corrected chi connectivity index (χ2v) is 3.87. The van der Waals surface area contributed by atoms with E-state index in [1.165, 1.54) is 0 Å². The van der Waals surface area contributed by atoms with Crippen LogP contribution in [0.1, 0.15) is 0 Å². The Kier molecular flexibility index (Phi) is 4.29. The second kappa shape index (κ2) is 6.15. The number of hydrogen-bond donors (Lipinski definition) is 1. The summed E-state index contributed by atoms with van der Waals surface area (Å²) >= 11 is 0. The number of carbonyl (C=O) groups excluding carboxylic acids is 1. The quantitative estimate of drug-likeness (QED) is 0.700. The van der Waals surface area contributed by atoms with Crippen LogP contribution < -0.4 is 21.6 Å². The molecule has 5 heteroatoms. The Hall–Kier alpha value is -1.90. The molecule has 0 saturated heterocycles. The smallest absolute Gasteiger partial charge is 0.283 e. The Morgan fingerprint density at radius 1 is 0.944 bits per heavy atom. The number of rotatable bonds is 4. The van der Waals surface area contributed by atoms with Crippen LogP contribution in [0.4, 0.5) is 4.79 Å². The van der Waals surface area contributed by atoms with Gasteiger partial charge in [0.15, 0.2) is 5.81 Å². The van der Waals surface area contributed by atoms with Crippen LogP contribution in [-0.2, 0) is 0 Å². The van der Waals surface area contributed by atoms with E-state index in [-0.39, 0.29) is 5.81 Å². The van der Waals surface area contributed by atoms with Crippen molar-refractivity contribution in [2.75, 3.05) is 0 Å². The number of amides is 1. The molecule has 0 aliphatic rings. The van der Waals surface area contributed by atoms with Crippen molar-refractivity contribution >= 4 is 44.7 Å². The molecule has 1 N–H and O–H groups in total. The van der Waals surface area contributed by atoms with E-state index in [9.17, 15) is 4.79 Å². The first-order chi connectivity index (χ1) is 8.74. The minimum atomic E-state index is -0.155. The van der Waals surface area contributed by atoms with Crippen LogP contribution >= 0.6 is 0 Å². The van der Waals surface area contributed by atoms with Gasteiger partial charge in [0.25, 0.3) is 14.7 Å². The van der Waals surface area contributed by atoms with Crippen molar-refractivity contribution in [2.24, 2.45) is 0 Å². The molecule has 0 unspecified atom stereocenters. The summed E-state index contributed by atoms with van der Waals surface area (Å²) in [7, 11) is 8.78. The van der Waals surface area contributed by atoms with E-state index >= 15 is 0 Å². The molecule has 82 valence electrons. The molecule has 0 spiro atoms. The zero-order valence-corrected chi connectivity index (χ0v) is 9.84. The maximum Gasteiger partial charge on any atom is 0.283 e. The Bertz CT molecular complexity index is 514. The third-order valence-corrected chi connectivity index (χ3v) is 2.41. The van der Waals surface area contributed by atoms with Crippen LogP contribution in [0.25, 0.3) is 0 Å². The predicted molar refractivity (Wildman–Crippen MR) is 77.6 cm³/mol. The average Bonchev–Trinajstić information content (AvgIpc) is 2.39. The van der Waals surface area contributed by atoms with Gasteiger partial charge in [-0.2, -0.15) is 0 Å². The van der Waals surface area contributed by atoms with E-state index in [1.807, 2.05) is 42.5 Å². The molecule has 0 heterocycles. The van der Waals surface area contributed by atoms with Crippen LogP contribution in [0.5, 0.6) is 0 Å². The van der Waals surface area contributed by atoms with Gasteiger partial charge in [0.05, 0.1) is 0 Å². The molecule has 2 aromatic carbocycles. The highest BCUT2D eigenvalue weighted by molar-refractivity contribution is 6.86. The average molecular weight is 229 g/mol. The Labute approximate surface area is 110 Å². The third kappa shape index (κ3) is 3.84. The van der Waals surface area contributed by atoms with E-state index < -0.39 is 0 Å². The maximum atomic E-state index is 11.6. The lowest BCUT2D eigenvalue weighted by Gasteiger charge is -2.03. The van der Waals surface area contributed by atoms with Gasteiger partial charge < -0.3 is 5.23 Å². The SMILES string of the molecule is [B]c1ccc([B]NC(=O)[B]c2ccccc2)cc1. The van der Waals surface area contributed by atoms with E-state index in [4.69, 9.17) is 7.85 Å². The first-order valence-corrected chi connectivity index (χ1v) is 5.63. The van der Waals surface area contributed by atoms with Crippen molar-refractivity contribution in [3.63, 3.8) is 0 Å². The second-order valence-electron chi connectivity index (χ2n) is 3.87. The van der Waals surface area contributed by atoms with E-state index in [1.54, 1.807) is 26.8 Å². The van der Waals surface area contributed by atoms with Crippen molar-refractivity contribution < 1.29 is 4.79 Å². The molecule has 0 atom stereocenters. The standard InChI is InChI=1S/C13H10B3NO/c14-10-6-8-12(9-7-10)16-17-13(18)15-11-4-2-1-3-5-11/h1-9H,(H,17,18). The summed E-state index contributed by atoms with van der Waals surface area (Å²) in [5.41, 5.74) is 2.48. The van der Waals surface area contributed by atoms with Crippen LogP contribution in [0.15, 0.2) is 54.6 Å². The number of nitrogens with one attached hydrogen (secondary N) is 1. The summed E-state index contributed by atoms with van der Waals surface area (Å²) in [6, 6.07) is 16.7. The topological polar surface area (TPSA) is 29.1 Å². The Morgan fingerprint density at radius 3 is 2.28 bits per heavy atom. The van der Waals surface area contributed by atoms with E-state index in [0.29, 0.717) is 5.46 Å². The van der Waals surface area contributed by atoms with Crippen LogP contribution in [0, 0.1) is 0 Å². The number of benzene rings is 2. The summed E-state index contributed by atoms with van der Waals surface area (Å²) in [6.07, 6.45) is 0. The van der Waals surface area contributed by atoms with Gasteiger partial charge in [0.1, 0.15) is 7.85 Å². The molecule has 2 rings (SSSR count). The van der Waals surface area contributed by atoms with Crippen molar-refractivity contribution in [3.8, 4) is 0 Å². The lowest BCUT2D eigenvalue weighted by Crippen LogP contribution is -2.40. The highest BCUT2D eigenvalue weighted by Crippen LogP contribution is 1.82. The summed E-state index contributed by atoms with van der Waals surface area (Å²) < 4.78 is 0. The fraction of sp³-hybridized carbons (Fsp3) is 0. The predicted octanol–water partition coefficient (Wildman–Crippen LogP) is -0.536. The molecule has 0 saturated carbocycles. The molecule has 0 aromatic heterocycles. The van der Waals surface area contributed by atoms with Gasteiger partial charge in [-0.25, -0.2) is 0 Å². The molecule has 0 aliphatic carbocycles. The summed E-state index contributed by atoms with van der Waals surface area (Å²) in [5, 5.41) is 2.71. The zero-order valence-electron chi connectivity index (χ0n) is 9.84. The molecule has 0 bridgehead atoms. The largest absolute Gasteiger partial charge is 0.407 e. The van der Waals surface area contributed by atoms with Gasteiger partial charge >= 0.3 is 0 Å². The van der Waals surface area contributed by atoms with Crippen molar-refractivity contribution in [1.29, 1.82) is 0 Å². The molecular formula is C13H10B3NO. The van der Waals surface area contributed by atoms with Gasteiger partial charge in [-0.05, 0) is 0 Å². The highest BCUT2D eigenvalue weighted by atomic mass is 16.1. The first kappa shape index (κ1) is 12.6. The van der Waals surface area contributed by atoms with E-state index in [2.05, 4.69) is 5.23 Å². The van der Waals surface area contributed by atoms with Gasteiger partial charge in [-0.1, -0.05) is 71.0 Å². The number of carbonyl (C=O) groups is 1. The lowest BCUT2D eigenvalue weighted by molar-refractivity contribution is 0.263. The molecule has 2 nitrogen and oxygen atoms in total. The molecule has 0 aliphatic heterocycles. The number of hydrogen-bond acceptors (Lipinski definition) is 1. The maximum absolute atomic E-state index is 11.6. The van der Waals surface area contributed by atoms with Crippen molar-refractivity contribution in [2.45, 2.75) is 0 Å². The monoisotopic (exact) mass is 229 g/mol. The summed E-state index contributed by atoms with van der Waals surface area (Å²) in [5.74, 6) is -0.155. The Morgan fingerprint density at radius 2 is 1.61 bits per heavy atom. The Balaban J connectivity index is 1.83. The molecule has 2 aromatic rings. The normalized spacial score (nSPS) is 9.56. The van der Waals surface area contributed by atoms with Gasteiger partial charge in [0.2, 0.25) is 0 Å². The van der Waals surface area contributed by atoms with Gasteiger partial charge in [0, 0.05) is 0 Å². The molecule has 18 heavy (non-hydrogen) atoms. The minimum Gasteiger partial charge on any atom is -0.407 e. The van der Waals surface area contributed by atoms with Crippen LogP contribution in [0.3, 0.4) is 0 Å². The third-order valence-electron chi connectivity index (χ3n) is 2.41. The molecule has 4 radical (unpaired) electrons. The van der Waals surface area contributed by atoms with Crippen molar-refractivity contribution in [1.82, 2.24) is 5.23 Å². The highest BCUT2D eigenvalue weighted by Gasteiger charge is 2.06. The van der Waals surface area contributed by atoms with Crippen molar-refractivity contribution in [3.05, 3.63) is 54.6 Å². The lowest BCUT2D eigenvalue weighted by atomic mass is 9.67. The fourth-order valence-corrected chi connectivity index (χ4v) is 1.49. The van der Waals surface area contributed by atoms with Crippen LogP contribution in [0.2, 0.25) is 0 Å². The first-order valence-electron chi connectivity index (χ1n) is 5.63. The van der Waals surface area contributed by atoms with Gasteiger partial charge in [-0.3, -0.25) is 4.79 Å². The zero-order chi connectivity index (χ0) is 12.8. The molecule has 0 fully saturated rings. The molecular weight excluding hydrogens is 219 g/mol. The minimum absolute atomic E-state index is 0.155. The van der Waals surface area contributed by atoms with Gasteiger partial charge in [-0.15, -0.1) is 0 Å². The summed E-state index contributed by atoms with van der Waals surface area (Å²) in [4.78, 5) is 11.6. The molecule has 1 amide bonds.